The summed E-state index contributed by atoms with van der Waals surface area (Å²) in [5, 5.41) is 0. The van der Waals surface area contributed by atoms with Crippen molar-refractivity contribution in [2.75, 3.05) is 7.11 Å². The lowest BCUT2D eigenvalue weighted by atomic mass is 10.4. The van der Waals surface area contributed by atoms with Gasteiger partial charge < -0.3 is 8.85 Å². The summed E-state index contributed by atoms with van der Waals surface area (Å²) >= 11 is 0. The third-order valence-corrected chi connectivity index (χ3v) is 3.53. The highest BCUT2D eigenvalue weighted by Crippen LogP contribution is 2.05. The van der Waals surface area contributed by atoms with Gasteiger partial charge in [0.05, 0.1) is 0 Å². The second kappa shape index (κ2) is 6.86. The first-order valence-corrected chi connectivity index (χ1v) is 6.27. The fraction of sp³-hybridized carbons (Fsp3) is 0.667. The number of unbranched alkanes of at least 4 members (excludes halogenated alkanes) is 1. The van der Waals surface area contributed by atoms with E-state index < -0.39 is 9.28 Å². The Labute approximate surface area is 81.6 Å². The molecule has 0 radical (unpaired) electrons. The monoisotopic (exact) mass is 202 g/mol. The Morgan fingerprint density at radius 3 is 2.54 bits per heavy atom. The molecular weight excluding hydrogens is 184 g/mol. The van der Waals surface area contributed by atoms with Crippen molar-refractivity contribution in [1.82, 2.24) is 0 Å². The average Bonchev–Trinajstić information content (AvgIpc) is 2.11. The maximum Gasteiger partial charge on any atom is 0.385 e. The van der Waals surface area contributed by atoms with Crippen molar-refractivity contribution in [1.29, 1.82) is 0 Å². The molecule has 0 fully saturated rings. The van der Waals surface area contributed by atoms with Crippen LogP contribution in [0.15, 0.2) is 12.2 Å². The molecule has 76 valence electrons. The maximum atomic E-state index is 11.1. The molecule has 13 heavy (non-hydrogen) atoms. The predicted octanol–water partition coefficient (Wildman–Crippen LogP) is 1.77. The van der Waals surface area contributed by atoms with Crippen molar-refractivity contribution >= 4 is 15.3 Å². The molecule has 1 unspecified atom stereocenters. The van der Waals surface area contributed by atoms with Gasteiger partial charge in [0, 0.05) is 12.7 Å². The topological polar surface area (TPSA) is 35.5 Å². The van der Waals surface area contributed by atoms with Crippen LogP contribution < -0.4 is 0 Å². The summed E-state index contributed by atoms with van der Waals surface area (Å²) in [5.41, 5.74) is 0.436. The molecule has 0 aromatic carbocycles. The van der Waals surface area contributed by atoms with Gasteiger partial charge in [-0.3, -0.25) is 0 Å². The van der Waals surface area contributed by atoms with E-state index in [2.05, 4.69) is 13.5 Å². The SMILES string of the molecule is C=C(C)C(=O)O[SiH](CCCC)OC. The van der Waals surface area contributed by atoms with Crippen molar-refractivity contribution in [3.63, 3.8) is 0 Å². The molecule has 0 aliphatic carbocycles. The predicted molar refractivity (Wildman–Crippen MR) is 54.8 cm³/mol. The third kappa shape index (κ3) is 5.60. The van der Waals surface area contributed by atoms with E-state index in [1.54, 1.807) is 14.0 Å². The molecule has 0 aromatic heterocycles. The minimum atomic E-state index is -1.75. The normalized spacial score (nSPS) is 12.2. The van der Waals surface area contributed by atoms with Gasteiger partial charge in [-0.25, -0.2) is 4.79 Å². The number of carbonyl (C=O) groups is 1. The molecule has 0 bridgehead atoms. The summed E-state index contributed by atoms with van der Waals surface area (Å²) in [6.07, 6.45) is 2.14. The van der Waals surface area contributed by atoms with Crippen LogP contribution in [0, 0.1) is 0 Å². The van der Waals surface area contributed by atoms with Crippen LogP contribution in [0.2, 0.25) is 6.04 Å². The molecule has 0 saturated carbocycles. The zero-order chi connectivity index (χ0) is 10.3. The van der Waals surface area contributed by atoms with Crippen LogP contribution in [0.1, 0.15) is 26.7 Å². The zero-order valence-electron chi connectivity index (χ0n) is 8.63. The molecule has 1 atom stereocenters. The van der Waals surface area contributed by atoms with Gasteiger partial charge in [0.2, 0.25) is 0 Å². The van der Waals surface area contributed by atoms with Gasteiger partial charge in [0.25, 0.3) is 0 Å². The van der Waals surface area contributed by atoms with E-state index in [0.29, 0.717) is 5.57 Å². The Balaban J connectivity index is 3.83. The fourth-order valence-electron chi connectivity index (χ4n) is 0.816. The summed E-state index contributed by atoms with van der Waals surface area (Å²) < 4.78 is 10.3. The molecule has 4 heteroatoms. The Morgan fingerprint density at radius 1 is 1.54 bits per heavy atom. The van der Waals surface area contributed by atoms with E-state index in [0.717, 1.165) is 18.9 Å². The molecule has 0 aliphatic rings. The van der Waals surface area contributed by atoms with Gasteiger partial charge >= 0.3 is 15.3 Å². The van der Waals surface area contributed by atoms with E-state index in [-0.39, 0.29) is 5.97 Å². The number of hydrogen-bond donors (Lipinski definition) is 0. The Bertz CT molecular complexity index is 180. The minimum absolute atomic E-state index is 0.324. The molecule has 0 N–H and O–H groups in total. The van der Waals surface area contributed by atoms with Gasteiger partial charge in [0.1, 0.15) is 0 Å². The molecule has 3 nitrogen and oxygen atoms in total. The van der Waals surface area contributed by atoms with Gasteiger partial charge in [-0.15, -0.1) is 0 Å². The Kier molecular flexibility index (Phi) is 6.53. The van der Waals surface area contributed by atoms with Crippen molar-refractivity contribution in [2.24, 2.45) is 0 Å². The first-order valence-electron chi connectivity index (χ1n) is 4.51. The Morgan fingerprint density at radius 2 is 2.15 bits per heavy atom. The van der Waals surface area contributed by atoms with Crippen molar-refractivity contribution in [2.45, 2.75) is 32.7 Å². The van der Waals surface area contributed by atoms with Crippen molar-refractivity contribution in [3.05, 3.63) is 12.2 Å². The zero-order valence-corrected chi connectivity index (χ0v) is 9.79. The van der Waals surface area contributed by atoms with Crippen LogP contribution in [0.3, 0.4) is 0 Å². The molecule has 0 rings (SSSR count). The molecule has 0 amide bonds. The maximum absolute atomic E-state index is 11.1. The highest BCUT2D eigenvalue weighted by atomic mass is 28.3. The second-order valence-electron chi connectivity index (χ2n) is 2.99. The van der Waals surface area contributed by atoms with Crippen LogP contribution in [0.5, 0.6) is 0 Å². The number of rotatable bonds is 6. The van der Waals surface area contributed by atoms with E-state index in [1.807, 2.05) is 0 Å². The van der Waals surface area contributed by atoms with Gasteiger partial charge in [-0.05, 0) is 13.0 Å². The lowest BCUT2D eigenvalue weighted by Crippen LogP contribution is -2.25. The van der Waals surface area contributed by atoms with E-state index >= 15 is 0 Å². The van der Waals surface area contributed by atoms with Crippen LogP contribution in [0.25, 0.3) is 0 Å². The van der Waals surface area contributed by atoms with Crippen molar-refractivity contribution < 1.29 is 13.6 Å². The quantitative estimate of drug-likeness (QED) is 0.486. The first kappa shape index (κ1) is 12.4. The Hall–Kier alpha value is -0.613. The number of hydrogen-bond acceptors (Lipinski definition) is 3. The van der Waals surface area contributed by atoms with Crippen LogP contribution in [-0.4, -0.2) is 22.4 Å². The molecule has 0 saturated heterocycles. The summed E-state index contributed by atoms with van der Waals surface area (Å²) in [6, 6.07) is 0.881. The third-order valence-electron chi connectivity index (χ3n) is 1.64. The smallest absolute Gasteiger partial charge is 0.385 e. The lowest BCUT2D eigenvalue weighted by Gasteiger charge is -2.13. The van der Waals surface area contributed by atoms with Crippen molar-refractivity contribution in [3.8, 4) is 0 Å². The standard InChI is InChI=1S/C9H18O3Si/c1-5-6-7-13(11-4)12-9(10)8(2)3/h13H,2,5-7H2,1,3-4H3. The molecular formula is C9H18O3Si. The van der Waals surface area contributed by atoms with E-state index in [9.17, 15) is 4.79 Å². The lowest BCUT2D eigenvalue weighted by molar-refractivity contribution is -0.131. The molecule has 0 heterocycles. The summed E-state index contributed by atoms with van der Waals surface area (Å²) in [6.45, 7) is 7.26. The second-order valence-corrected chi connectivity index (χ2v) is 5.14. The summed E-state index contributed by atoms with van der Waals surface area (Å²) in [5.74, 6) is -0.324. The fourth-order valence-corrected chi connectivity index (χ4v) is 2.45. The largest absolute Gasteiger partial charge is 0.493 e. The van der Waals surface area contributed by atoms with E-state index in [1.165, 1.54) is 0 Å². The van der Waals surface area contributed by atoms with Gasteiger partial charge in [-0.2, -0.15) is 0 Å². The summed E-state index contributed by atoms with van der Waals surface area (Å²) in [4.78, 5) is 11.1. The highest BCUT2D eigenvalue weighted by molar-refractivity contribution is 6.47. The highest BCUT2D eigenvalue weighted by Gasteiger charge is 2.16. The molecule has 0 aliphatic heterocycles. The van der Waals surface area contributed by atoms with Gasteiger partial charge in [-0.1, -0.05) is 26.3 Å². The number of carbonyl (C=O) groups excluding carboxylic acids is 1. The van der Waals surface area contributed by atoms with E-state index in [4.69, 9.17) is 8.85 Å². The molecule has 0 aromatic rings. The minimum Gasteiger partial charge on any atom is -0.493 e. The first-order chi connectivity index (χ1) is 6.11. The average molecular weight is 202 g/mol. The van der Waals surface area contributed by atoms with Crippen LogP contribution in [0.4, 0.5) is 0 Å². The molecule has 0 spiro atoms. The summed E-state index contributed by atoms with van der Waals surface area (Å²) in [7, 11) is -0.159. The van der Waals surface area contributed by atoms with Crippen LogP contribution >= 0.6 is 0 Å². The van der Waals surface area contributed by atoms with Crippen LogP contribution in [-0.2, 0) is 13.6 Å². The van der Waals surface area contributed by atoms with Gasteiger partial charge in [0.15, 0.2) is 0 Å².